The molecule has 0 aliphatic carbocycles. The molecular formula is C15H19N5O4. The predicted molar refractivity (Wildman–Crippen MR) is 86.1 cm³/mol. The topological polar surface area (TPSA) is 127 Å². The molecule has 2 rings (SSSR count). The van der Waals surface area contributed by atoms with Gasteiger partial charge in [-0.1, -0.05) is 27.7 Å². The maximum absolute atomic E-state index is 12.1. The van der Waals surface area contributed by atoms with Crippen LogP contribution in [0.2, 0.25) is 0 Å². The molecule has 0 unspecified atom stereocenters. The van der Waals surface area contributed by atoms with E-state index in [2.05, 4.69) is 25.3 Å². The van der Waals surface area contributed by atoms with Gasteiger partial charge in [0, 0.05) is 5.92 Å². The summed E-state index contributed by atoms with van der Waals surface area (Å²) in [5.41, 5.74) is -0.0984. The molecule has 0 radical (unpaired) electrons. The van der Waals surface area contributed by atoms with Gasteiger partial charge in [0.25, 0.3) is 5.56 Å². The number of carbonyl (C=O) groups excluding carboxylic acids is 2. The average Bonchev–Trinajstić information content (AvgIpc) is 2.52. The van der Waals surface area contributed by atoms with Gasteiger partial charge in [0.15, 0.2) is 11.2 Å². The Balaban J connectivity index is 2.24. The molecule has 24 heavy (non-hydrogen) atoms. The second kappa shape index (κ2) is 7.16. The fourth-order valence-electron chi connectivity index (χ4n) is 1.66. The molecule has 9 heteroatoms. The number of fused-ring (bicyclic) bond motifs is 1. The number of nitrogens with zero attached hydrogens (tertiary/aromatic N) is 3. The molecular weight excluding hydrogens is 314 g/mol. The molecule has 2 heterocycles. The summed E-state index contributed by atoms with van der Waals surface area (Å²) >= 11 is 0. The number of esters is 1. The SMILES string of the molecule is CC(C)C(=O)Nc1nc2ncc(COC(=O)C(C)C)nc2c(=O)[nH]1. The standard InChI is InChI=1S/C15H19N5O4/c1-7(2)12(21)19-15-18-11-10(13(22)20-15)17-9(5-16-11)6-24-14(23)8(3)4/h5,7-8H,6H2,1-4H3,(H2,16,18,19,20,21,22). The second-order valence-electron chi connectivity index (χ2n) is 5.85. The van der Waals surface area contributed by atoms with Crippen LogP contribution in [0.15, 0.2) is 11.0 Å². The molecule has 0 fully saturated rings. The number of nitrogens with one attached hydrogen (secondary N) is 2. The van der Waals surface area contributed by atoms with E-state index in [-0.39, 0.29) is 47.4 Å². The Morgan fingerprint density at radius 3 is 2.54 bits per heavy atom. The lowest BCUT2D eigenvalue weighted by Crippen LogP contribution is -2.22. The molecule has 128 valence electrons. The summed E-state index contributed by atoms with van der Waals surface area (Å²) in [5, 5.41) is 2.50. The lowest BCUT2D eigenvalue weighted by molar-refractivity contribution is -0.148. The van der Waals surface area contributed by atoms with Gasteiger partial charge in [-0.2, -0.15) is 4.98 Å². The highest BCUT2D eigenvalue weighted by molar-refractivity contribution is 5.90. The number of anilines is 1. The van der Waals surface area contributed by atoms with Crippen LogP contribution in [0, 0.1) is 11.8 Å². The number of rotatable bonds is 5. The predicted octanol–water partition coefficient (Wildman–Crippen LogP) is 1.01. The molecule has 0 saturated carbocycles. The maximum Gasteiger partial charge on any atom is 0.308 e. The Bertz CT molecular complexity index is 828. The van der Waals surface area contributed by atoms with E-state index in [0.29, 0.717) is 5.69 Å². The number of aromatic nitrogens is 4. The van der Waals surface area contributed by atoms with Crippen LogP contribution in [-0.2, 0) is 20.9 Å². The van der Waals surface area contributed by atoms with E-state index in [1.54, 1.807) is 27.7 Å². The Hall–Kier alpha value is -2.84. The number of hydrogen-bond acceptors (Lipinski definition) is 7. The van der Waals surface area contributed by atoms with Crippen molar-refractivity contribution in [2.24, 2.45) is 11.8 Å². The Labute approximate surface area is 137 Å². The summed E-state index contributed by atoms with van der Waals surface area (Å²) in [7, 11) is 0. The van der Waals surface area contributed by atoms with Crippen LogP contribution in [0.4, 0.5) is 5.95 Å². The van der Waals surface area contributed by atoms with Gasteiger partial charge in [-0.25, -0.2) is 9.97 Å². The molecule has 0 aliphatic heterocycles. The molecule has 0 saturated heterocycles. The van der Waals surface area contributed by atoms with E-state index in [1.807, 2.05) is 0 Å². The number of amides is 1. The molecule has 0 aromatic carbocycles. The Kier molecular flexibility index (Phi) is 5.22. The van der Waals surface area contributed by atoms with Gasteiger partial charge in [0.1, 0.15) is 6.61 Å². The van der Waals surface area contributed by atoms with Crippen LogP contribution in [0.5, 0.6) is 0 Å². The zero-order valence-corrected chi connectivity index (χ0v) is 13.9. The second-order valence-corrected chi connectivity index (χ2v) is 5.85. The number of carbonyl (C=O) groups is 2. The van der Waals surface area contributed by atoms with Crippen LogP contribution < -0.4 is 10.9 Å². The van der Waals surface area contributed by atoms with Crippen LogP contribution in [0.25, 0.3) is 11.2 Å². The number of ether oxygens (including phenoxy) is 1. The zero-order chi connectivity index (χ0) is 17.9. The van der Waals surface area contributed by atoms with E-state index in [0.717, 1.165) is 0 Å². The third-order valence-electron chi connectivity index (χ3n) is 3.07. The van der Waals surface area contributed by atoms with Gasteiger partial charge < -0.3 is 4.74 Å². The molecule has 0 aliphatic rings. The van der Waals surface area contributed by atoms with Crippen LogP contribution in [0.3, 0.4) is 0 Å². The van der Waals surface area contributed by atoms with E-state index < -0.39 is 5.56 Å². The molecule has 2 aromatic rings. The molecule has 0 bridgehead atoms. The quantitative estimate of drug-likeness (QED) is 0.782. The normalized spacial score (nSPS) is 11.1. The molecule has 1 amide bonds. The van der Waals surface area contributed by atoms with Crippen molar-refractivity contribution in [3.63, 3.8) is 0 Å². The van der Waals surface area contributed by atoms with Crippen LogP contribution in [0.1, 0.15) is 33.4 Å². The first-order chi connectivity index (χ1) is 11.3. The van der Waals surface area contributed by atoms with Gasteiger partial charge in [-0.15, -0.1) is 0 Å². The van der Waals surface area contributed by atoms with Crippen LogP contribution >= 0.6 is 0 Å². The van der Waals surface area contributed by atoms with Gasteiger partial charge in [0.05, 0.1) is 17.8 Å². The van der Waals surface area contributed by atoms with Gasteiger partial charge in [-0.3, -0.25) is 24.7 Å². The Morgan fingerprint density at radius 1 is 1.21 bits per heavy atom. The minimum absolute atomic E-state index is 0.00985. The van der Waals surface area contributed by atoms with Crippen molar-refractivity contribution >= 4 is 29.0 Å². The fraction of sp³-hybridized carbons (Fsp3) is 0.467. The van der Waals surface area contributed by atoms with Crippen molar-refractivity contribution in [2.45, 2.75) is 34.3 Å². The number of aromatic amines is 1. The third-order valence-corrected chi connectivity index (χ3v) is 3.07. The summed E-state index contributed by atoms with van der Waals surface area (Å²) in [6.07, 6.45) is 1.37. The van der Waals surface area contributed by atoms with E-state index >= 15 is 0 Å². The van der Waals surface area contributed by atoms with Crippen molar-refractivity contribution in [1.29, 1.82) is 0 Å². The van der Waals surface area contributed by atoms with E-state index in [1.165, 1.54) is 6.20 Å². The zero-order valence-electron chi connectivity index (χ0n) is 13.9. The van der Waals surface area contributed by atoms with Crippen molar-refractivity contribution in [3.05, 3.63) is 22.2 Å². The van der Waals surface area contributed by atoms with Crippen molar-refractivity contribution in [3.8, 4) is 0 Å². The molecule has 9 nitrogen and oxygen atoms in total. The minimum Gasteiger partial charge on any atom is -0.459 e. The maximum atomic E-state index is 12.1. The first-order valence-corrected chi connectivity index (χ1v) is 7.51. The first-order valence-electron chi connectivity index (χ1n) is 7.51. The summed E-state index contributed by atoms with van der Waals surface area (Å²) in [5.74, 6) is -1.14. The fourth-order valence-corrected chi connectivity index (χ4v) is 1.66. The lowest BCUT2D eigenvalue weighted by Gasteiger charge is -2.08. The third kappa shape index (κ3) is 4.12. The molecule has 2 N–H and O–H groups in total. The Morgan fingerprint density at radius 2 is 1.92 bits per heavy atom. The summed E-state index contributed by atoms with van der Waals surface area (Å²) < 4.78 is 5.05. The van der Waals surface area contributed by atoms with Gasteiger partial charge in [0.2, 0.25) is 11.9 Å². The minimum atomic E-state index is -0.538. The smallest absolute Gasteiger partial charge is 0.308 e. The summed E-state index contributed by atoms with van der Waals surface area (Å²) in [6, 6.07) is 0. The van der Waals surface area contributed by atoms with Gasteiger partial charge >= 0.3 is 5.97 Å². The summed E-state index contributed by atoms with van der Waals surface area (Å²) in [4.78, 5) is 49.8. The van der Waals surface area contributed by atoms with E-state index in [4.69, 9.17) is 4.74 Å². The largest absolute Gasteiger partial charge is 0.459 e. The van der Waals surface area contributed by atoms with E-state index in [9.17, 15) is 14.4 Å². The van der Waals surface area contributed by atoms with Crippen molar-refractivity contribution in [2.75, 3.05) is 5.32 Å². The first kappa shape index (κ1) is 17.5. The van der Waals surface area contributed by atoms with Gasteiger partial charge in [-0.05, 0) is 0 Å². The van der Waals surface area contributed by atoms with Crippen LogP contribution in [-0.4, -0.2) is 31.8 Å². The highest BCUT2D eigenvalue weighted by Gasteiger charge is 2.13. The molecule has 2 aromatic heterocycles. The molecule has 0 atom stereocenters. The van der Waals surface area contributed by atoms with Crippen molar-refractivity contribution in [1.82, 2.24) is 19.9 Å². The monoisotopic (exact) mass is 333 g/mol. The highest BCUT2D eigenvalue weighted by Crippen LogP contribution is 2.08. The highest BCUT2D eigenvalue weighted by atomic mass is 16.5. The molecule has 0 spiro atoms. The lowest BCUT2D eigenvalue weighted by atomic mass is 10.2. The number of H-pyrrole nitrogens is 1. The van der Waals surface area contributed by atoms with Crippen molar-refractivity contribution < 1.29 is 14.3 Å². The number of hydrogen-bond donors (Lipinski definition) is 2. The summed E-state index contributed by atoms with van der Waals surface area (Å²) in [6.45, 7) is 6.80. The average molecular weight is 333 g/mol.